The lowest BCUT2D eigenvalue weighted by Gasteiger charge is -2.06. The summed E-state index contributed by atoms with van der Waals surface area (Å²) in [5, 5.41) is 4.19. The van der Waals surface area contributed by atoms with Crippen LogP contribution in [-0.2, 0) is 11.3 Å². The van der Waals surface area contributed by atoms with Gasteiger partial charge in [-0.2, -0.15) is 5.10 Å². The quantitative estimate of drug-likeness (QED) is 0.694. The van der Waals surface area contributed by atoms with Gasteiger partial charge in [0, 0.05) is 18.9 Å². The second-order valence-electron chi connectivity index (χ2n) is 4.72. The number of benzene rings is 1. The molecule has 0 atom stereocenters. The van der Waals surface area contributed by atoms with Crippen molar-refractivity contribution in [3.63, 3.8) is 0 Å². The van der Waals surface area contributed by atoms with Gasteiger partial charge in [0.2, 0.25) is 0 Å². The lowest BCUT2D eigenvalue weighted by Crippen LogP contribution is -2.07. The highest BCUT2D eigenvalue weighted by molar-refractivity contribution is 6.30. The van der Waals surface area contributed by atoms with E-state index in [9.17, 15) is 9.18 Å². The fraction of sp³-hybridized carbons (Fsp3) is 0.200. The van der Waals surface area contributed by atoms with E-state index >= 15 is 0 Å². The summed E-state index contributed by atoms with van der Waals surface area (Å²) in [6.07, 6.45) is 5.01. The molecule has 1 aromatic carbocycles. The van der Waals surface area contributed by atoms with Crippen LogP contribution in [0.3, 0.4) is 0 Å². The number of aromatic nitrogens is 3. The number of esters is 1. The van der Waals surface area contributed by atoms with Crippen LogP contribution in [-0.4, -0.2) is 26.8 Å². The predicted molar refractivity (Wildman–Crippen MR) is 79.7 cm³/mol. The van der Waals surface area contributed by atoms with Crippen LogP contribution in [0, 0.1) is 5.82 Å². The van der Waals surface area contributed by atoms with Crippen molar-refractivity contribution < 1.29 is 13.9 Å². The standard InChI is InChI=1S/C15H13ClFN3O2/c1-2-22-15(21)11-8-18-20-6-5-19(14(11)20)9-10-3-4-13(17)12(16)7-10/h3-8H,2,9H2,1H3. The van der Waals surface area contributed by atoms with Crippen LogP contribution in [0.1, 0.15) is 22.8 Å². The molecular weight excluding hydrogens is 309 g/mol. The van der Waals surface area contributed by atoms with Gasteiger partial charge in [0.25, 0.3) is 0 Å². The Balaban J connectivity index is 1.98. The third kappa shape index (κ3) is 2.57. The number of fused-ring (bicyclic) bond motifs is 1. The summed E-state index contributed by atoms with van der Waals surface area (Å²) in [4.78, 5) is 12.0. The third-order valence-corrected chi connectivity index (χ3v) is 3.55. The summed E-state index contributed by atoms with van der Waals surface area (Å²) in [5.41, 5.74) is 1.83. The summed E-state index contributed by atoms with van der Waals surface area (Å²) in [6.45, 7) is 2.48. The number of hydrogen-bond acceptors (Lipinski definition) is 3. The second kappa shape index (κ2) is 5.81. The number of carbonyl (C=O) groups excluding carboxylic acids is 1. The molecule has 3 rings (SSSR count). The normalized spacial score (nSPS) is 11.0. The molecule has 0 radical (unpaired) electrons. The van der Waals surface area contributed by atoms with E-state index in [1.54, 1.807) is 36.0 Å². The van der Waals surface area contributed by atoms with E-state index in [4.69, 9.17) is 16.3 Å². The maximum atomic E-state index is 13.2. The van der Waals surface area contributed by atoms with E-state index in [1.165, 1.54) is 12.3 Å². The maximum Gasteiger partial charge on any atom is 0.343 e. The van der Waals surface area contributed by atoms with Crippen LogP contribution in [0.25, 0.3) is 5.65 Å². The lowest BCUT2D eigenvalue weighted by atomic mass is 10.2. The molecule has 0 bridgehead atoms. The number of ether oxygens (including phenoxy) is 1. The Bertz CT molecular complexity index is 841. The van der Waals surface area contributed by atoms with E-state index in [0.29, 0.717) is 24.4 Å². The van der Waals surface area contributed by atoms with Crippen LogP contribution in [0.2, 0.25) is 5.02 Å². The average molecular weight is 322 g/mol. The molecule has 0 aliphatic heterocycles. The van der Waals surface area contributed by atoms with Crippen LogP contribution in [0.4, 0.5) is 4.39 Å². The fourth-order valence-corrected chi connectivity index (χ4v) is 2.48. The van der Waals surface area contributed by atoms with Gasteiger partial charge >= 0.3 is 5.97 Å². The van der Waals surface area contributed by atoms with Crippen molar-refractivity contribution in [1.29, 1.82) is 0 Å². The number of carbonyl (C=O) groups is 1. The molecule has 22 heavy (non-hydrogen) atoms. The summed E-state index contributed by atoms with van der Waals surface area (Å²) < 4.78 is 21.7. The molecule has 0 saturated heterocycles. The van der Waals surface area contributed by atoms with Gasteiger partial charge in [0.15, 0.2) is 5.65 Å². The Labute approximate surface area is 130 Å². The monoisotopic (exact) mass is 321 g/mol. The molecule has 0 aliphatic carbocycles. The minimum atomic E-state index is -0.459. The second-order valence-corrected chi connectivity index (χ2v) is 5.13. The van der Waals surface area contributed by atoms with Crippen LogP contribution in [0.15, 0.2) is 36.8 Å². The molecule has 0 fully saturated rings. The number of imidazole rings is 1. The first-order valence-corrected chi connectivity index (χ1v) is 7.11. The Morgan fingerprint density at radius 2 is 2.23 bits per heavy atom. The molecule has 3 aromatic rings. The summed E-state index contributed by atoms with van der Waals surface area (Å²) >= 11 is 5.80. The zero-order valence-corrected chi connectivity index (χ0v) is 12.5. The third-order valence-electron chi connectivity index (χ3n) is 3.26. The summed E-state index contributed by atoms with van der Waals surface area (Å²) in [7, 11) is 0. The largest absolute Gasteiger partial charge is 0.462 e. The summed E-state index contributed by atoms with van der Waals surface area (Å²) in [5.74, 6) is -0.880. The fourth-order valence-electron chi connectivity index (χ4n) is 2.28. The molecule has 2 heterocycles. The molecule has 7 heteroatoms. The molecule has 0 N–H and O–H groups in total. The molecule has 0 saturated carbocycles. The minimum absolute atomic E-state index is 0.0693. The summed E-state index contributed by atoms with van der Waals surface area (Å²) in [6, 6.07) is 4.53. The van der Waals surface area contributed by atoms with E-state index in [-0.39, 0.29) is 5.02 Å². The first-order valence-electron chi connectivity index (χ1n) is 6.73. The van der Waals surface area contributed by atoms with Gasteiger partial charge in [-0.15, -0.1) is 0 Å². The van der Waals surface area contributed by atoms with E-state index < -0.39 is 11.8 Å². The van der Waals surface area contributed by atoms with E-state index in [1.807, 2.05) is 4.57 Å². The van der Waals surface area contributed by atoms with Gasteiger partial charge in [-0.05, 0) is 24.6 Å². The first kappa shape index (κ1) is 14.6. The van der Waals surface area contributed by atoms with Crippen molar-refractivity contribution in [3.8, 4) is 0 Å². The molecule has 0 unspecified atom stereocenters. The Hall–Kier alpha value is -2.34. The zero-order valence-electron chi connectivity index (χ0n) is 11.8. The SMILES string of the molecule is CCOC(=O)c1cnn2ccn(Cc3ccc(F)c(Cl)c3)c12. The number of halogens is 2. The minimum Gasteiger partial charge on any atom is -0.462 e. The highest BCUT2D eigenvalue weighted by Gasteiger charge is 2.17. The zero-order chi connectivity index (χ0) is 15.7. The Morgan fingerprint density at radius 3 is 2.95 bits per heavy atom. The molecular formula is C15H13ClFN3O2. The molecule has 0 spiro atoms. The van der Waals surface area contributed by atoms with Crippen molar-refractivity contribution in [3.05, 3.63) is 58.8 Å². The number of hydrogen-bond donors (Lipinski definition) is 0. The van der Waals surface area contributed by atoms with Crippen molar-refractivity contribution in [2.75, 3.05) is 6.61 Å². The molecule has 5 nitrogen and oxygen atoms in total. The van der Waals surface area contributed by atoms with Gasteiger partial charge in [-0.1, -0.05) is 17.7 Å². The Morgan fingerprint density at radius 1 is 1.41 bits per heavy atom. The van der Waals surface area contributed by atoms with Gasteiger partial charge in [-0.3, -0.25) is 0 Å². The Kier molecular flexibility index (Phi) is 3.85. The molecule has 114 valence electrons. The predicted octanol–water partition coefficient (Wildman–Crippen LogP) is 3.15. The average Bonchev–Trinajstić information content (AvgIpc) is 3.06. The van der Waals surface area contributed by atoms with Gasteiger partial charge in [0.1, 0.15) is 11.4 Å². The lowest BCUT2D eigenvalue weighted by molar-refractivity contribution is 0.0528. The van der Waals surface area contributed by atoms with E-state index in [2.05, 4.69) is 5.10 Å². The van der Waals surface area contributed by atoms with Gasteiger partial charge in [0.05, 0.1) is 17.8 Å². The first-order chi connectivity index (χ1) is 10.6. The van der Waals surface area contributed by atoms with Crippen molar-refractivity contribution in [2.24, 2.45) is 0 Å². The van der Waals surface area contributed by atoms with Gasteiger partial charge in [-0.25, -0.2) is 13.7 Å². The van der Waals surface area contributed by atoms with Crippen molar-refractivity contribution in [1.82, 2.24) is 14.2 Å². The molecule has 0 aliphatic rings. The van der Waals surface area contributed by atoms with Crippen molar-refractivity contribution in [2.45, 2.75) is 13.5 Å². The molecule has 2 aromatic heterocycles. The van der Waals surface area contributed by atoms with Crippen LogP contribution >= 0.6 is 11.6 Å². The van der Waals surface area contributed by atoms with Gasteiger partial charge < -0.3 is 9.30 Å². The van der Waals surface area contributed by atoms with E-state index in [0.717, 1.165) is 5.56 Å². The number of rotatable bonds is 4. The highest BCUT2D eigenvalue weighted by atomic mass is 35.5. The highest BCUT2D eigenvalue weighted by Crippen LogP contribution is 2.19. The van der Waals surface area contributed by atoms with Crippen LogP contribution < -0.4 is 0 Å². The molecule has 0 amide bonds. The topological polar surface area (TPSA) is 48.5 Å². The smallest absolute Gasteiger partial charge is 0.343 e. The maximum absolute atomic E-state index is 13.2. The van der Waals surface area contributed by atoms with Crippen LogP contribution in [0.5, 0.6) is 0 Å². The van der Waals surface area contributed by atoms with Crippen molar-refractivity contribution >= 4 is 23.2 Å². The number of nitrogens with zero attached hydrogens (tertiary/aromatic N) is 3.